The zero-order valence-corrected chi connectivity index (χ0v) is 16.0. The Bertz CT molecular complexity index is 616. The molecule has 5 nitrogen and oxygen atoms in total. The fourth-order valence-corrected chi connectivity index (χ4v) is 3.25. The van der Waals surface area contributed by atoms with E-state index in [-0.39, 0.29) is 28.9 Å². The van der Waals surface area contributed by atoms with Gasteiger partial charge in [-0.15, -0.1) is 0 Å². The van der Waals surface area contributed by atoms with Crippen LogP contribution in [0.4, 0.5) is 0 Å². The summed E-state index contributed by atoms with van der Waals surface area (Å²) in [6.45, 7) is 5.20. The van der Waals surface area contributed by atoms with Crippen LogP contribution in [-0.2, 0) is 9.53 Å². The Morgan fingerprint density at radius 1 is 1.32 bits per heavy atom. The van der Waals surface area contributed by atoms with Crippen LogP contribution in [0.1, 0.15) is 43.5 Å². The summed E-state index contributed by atoms with van der Waals surface area (Å²) in [7, 11) is 0. The van der Waals surface area contributed by atoms with Gasteiger partial charge in [-0.05, 0) is 43.4 Å². The molecule has 2 rings (SSSR count). The molecular formula is C18H24Cl2N2O3. The van der Waals surface area contributed by atoms with E-state index in [4.69, 9.17) is 27.9 Å². The fraction of sp³-hybridized carbons (Fsp3) is 0.556. The third-order valence-electron chi connectivity index (χ3n) is 4.03. The molecule has 1 aromatic rings. The van der Waals surface area contributed by atoms with Gasteiger partial charge < -0.3 is 15.4 Å². The average molecular weight is 387 g/mol. The number of hydrogen-bond acceptors (Lipinski definition) is 3. The summed E-state index contributed by atoms with van der Waals surface area (Å²) >= 11 is 11.9. The predicted molar refractivity (Wildman–Crippen MR) is 99.2 cm³/mol. The highest BCUT2D eigenvalue weighted by Gasteiger charge is 2.25. The maximum absolute atomic E-state index is 12.5. The van der Waals surface area contributed by atoms with Gasteiger partial charge in [0.15, 0.2) is 0 Å². The molecule has 1 aromatic carbocycles. The number of halogens is 2. The number of benzene rings is 1. The highest BCUT2D eigenvalue weighted by molar-refractivity contribution is 6.36. The molecule has 0 saturated carbocycles. The third-order valence-corrected chi connectivity index (χ3v) is 4.58. The van der Waals surface area contributed by atoms with Crippen molar-refractivity contribution in [3.05, 3.63) is 33.8 Å². The van der Waals surface area contributed by atoms with Gasteiger partial charge in [-0.3, -0.25) is 9.59 Å². The molecular weight excluding hydrogens is 363 g/mol. The van der Waals surface area contributed by atoms with Crippen molar-refractivity contribution in [2.24, 2.45) is 5.92 Å². The predicted octanol–water partition coefficient (Wildman–Crippen LogP) is 3.43. The van der Waals surface area contributed by atoms with Gasteiger partial charge in [0, 0.05) is 18.2 Å². The molecule has 1 fully saturated rings. The van der Waals surface area contributed by atoms with Crippen LogP contribution in [0.25, 0.3) is 0 Å². The van der Waals surface area contributed by atoms with Crippen molar-refractivity contribution in [3.8, 4) is 0 Å². The number of ether oxygens (including phenoxy) is 1. The molecule has 0 spiro atoms. The smallest absolute Gasteiger partial charge is 0.253 e. The summed E-state index contributed by atoms with van der Waals surface area (Å²) in [6, 6.07) is 4.03. The van der Waals surface area contributed by atoms with Crippen LogP contribution in [0.3, 0.4) is 0 Å². The van der Waals surface area contributed by atoms with Crippen LogP contribution >= 0.6 is 23.2 Å². The number of carbonyl (C=O) groups excluding carboxylic acids is 2. The third kappa shape index (κ3) is 6.17. The van der Waals surface area contributed by atoms with Gasteiger partial charge in [-0.2, -0.15) is 0 Å². The molecule has 1 aliphatic heterocycles. The number of carbonyl (C=O) groups is 2. The van der Waals surface area contributed by atoms with Crippen LogP contribution in [0.2, 0.25) is 10.0 Å². The van der Waals surface area contributed by atoms with Gasteiger partial charge in [0.25, 0.3) is 5.91 Å². The summed E-state index contributed by atoms with van der Waals surface area (Å²) in [5, 5.41) is 6.37. The minimum absolute atomic E-state index is 0.0602. The van der Waals surface area contributed by atoms with Gasteiger partial charge in [-0.25, -0.2) is 0 Å². The van der Waals surface area contributed by atoms with Crippen molar-refractivity contribution in [3.63, 3.8) is 0 Å². The van der Waals surface area contributed by atoms with E-state index in [1.54, 1.807) is 12.1 Å². The number of rotatable bonds is 7. The van der Waals surface area contributed by atoms with E-state index < -0.39 is 6.04 Å². The molecule has 0 aromatic heterocycles. The summed E-state index contributed by atoms with van der Waals surface area (Å²) in [6.07, 6.45) is 2.56. The zero-order valence-electron chi connectivity index (χ0n) is 14.5. The highest BCUT2D eigenvalue weighted by Crippen LogP contribution is 2.21. The van der Waals surface area contributed by atoms with E-state index in [1.165, 1.54) is 6.07 Å². The van der Waals surface area contributed by atoms with E-state index in [9.17, 15) is 9.59 Å². The second kappa shape index (κ2) is 9.41. The van der Waals surface area contributed by atoms with Crippen LogP contribution < -0.4 is 10.6 Å². The lowest BCUT2D eigenvalue weighted by Gasteiger charge is -2.21. The largest absolute Gasteiger partial charge is 0.376 e. The Morgan fingerprint density at radius 3 is 2.68 bits per heavy atom. The zero-order chi connectivity index (χ0) is 18.4. The number of amides is 2. The number of nitrogens with one attached hydrogen (secondary N) is 2. The van der Waals surface area contributed by atoms with Gasteiger partial charge >= 0.3 is 0 Å². The van der Waals surface area contributed by atoms with E-state index >= 15 is 0 Å². The summed E-state index contributed by atoms with van der Waals surface area (Å²) < 4.78 is 5.51. The van der Waals surface area contributed by atoms with Gasteiger partial charge in [-0.1, -0.05) is 37.0 Å². The van der Waals surface area contributed by atoms with Crippen LogP contribution in [0.15, 0.2) is 18.2 Å². The van der Waals surface area contributed by atoms with Crippen LogP contribution in [0, 0.1) is 5.92 Å². The first-order valence-electron chi connectivity index (χ1n) is 8.52. The Kier molecular flexibility index (Phi) is 7.54. The molecule has 7 heteroatoms. The van der Waals surface area contributed by atoms with E-state index in [0.29, 0.717) is 23.6 Å². The maximum Gasteiger partial charge on any atom is 0.253 e. The average Bonchev–Trinajstić information content (AvgIpc) is 3.04. The number of hydrogen-bond donors (Lipinski definition) is 2. The molecule has 2 amide bonds. The molecule has 2 atom stereocenters. The second-order valence-corrected chi connectivity index (χ2v) is 7.50. The molecule has 0 aliphatic carbocycles. The quantitative estimate of drug-likeness (QED) is 0.753. The molecule has 0 radical (unpaired) electrons. The van der Waals surface area contributed by atoms with E-state index in [1.807, 2.05) is 13.8 Å². The van der Waals surface area contributed by atoms with Crippen molar-refractivity contribution < 1.29 is 14.3 Å². The van der Waals surface area contributed by atoms with Crippen molar-refractivity contribution in [2.75, 3.05) is 13.2 Å². The molecule has 1 saturated heterocycles. The van der Waals surface area contributed by atoms with Crippen molar-refractivity contribution in [1.82, 2.24) is 10.6 Å². The summed E-state index contributed by atoms with van der Waals surface area (Å²) in [5.41, 5.74) is 0.298. The molecule has 1 heterocycles. The van der Waals surface area contributed by atoms with E-state index in [0.717, 1.165) is 19.4 Å². The fourth-order valence-electron chi connectivity index (χ4n) is 2.76. The SMILES string of the molecule is CC(C)C[C@H](NC(=O)c1ccc(Cl)cc1Cl)C(=O)NC[C@@H]1CCCO1. The first-order valence-corrected chi connectivity index (χ1v) is 9.27. The minimum atomic E-state index is -0.624. The Hall–Kier alpha value is -1.30. The van der Waals surface area contributed by atoms with Crippen LogP contribution in [0.5, 0.6) is 0 Å². The summed E-state index contributed by atoms with van der Waals surface area (Å²) in [4.78, 5) is 25.0. The standard InChI is InChI=1S/C18H24Cl2N2O3/c1-11(2)8-16(18(24)21-10-13-4-3-7-25-13)22-17(23)14-6-5-12(19)9-15(14)20/h5-6,9,11,13,16H,3-4,7-8,10H2,1-2H3,(H,21,24)(H,22,23)/t13-,16-/m0/s1. The van der Waals surface area contributed by atoms with Gasteiger partial charge in [0.1, 0.15) is 6.04 Å². The van der Waals surface area contributed by atoms with Crippen molar-refractivity contribution in [1.29, 1.82) is 0 Å². The normalized spacial score (nSPS) is 18.2. The topological polar surface area (TPSA) is 67.4 Å². The minimum Gasteiger partial charge on any atom is -0.376 e. The first kappa shape index (κ1) is 20.0. The second-order valence-electron chi connectivity index (χ2n) is 6.66. The lowest BCUT2D eigenvalue weighted by molar-refractivity contribution is -0.123. The summed E-state index contributed by atoms with van der Waals surface area (Å²) in [5.74, 6) is -0.346. The first-order chi connectivity index (χ1) is 11.9. The van der Waals surface area contributed by atoms with Crippen molar-refractivity contribution in [2.45, 2.75) is 45.3 Å². The lowest BCUT2D eigenvalue weighted by Crippen LogP contribution is -2.48. The molecule has 1 aliphatic rings. The highest BCUT2D eigenvalue weighted by atomic mass is 35.5. The van der Waals surface area contributed by atoms with Crippen molar-refractivity contribution >= 4 is 35.0 Å². The molecule has 25 heavy (non-hydrogen) atoms. The van der Waals surface area contributed by atoms with Gasteiger partial charge in [0.2, 0.25) is 5.91 Å². The molecule has 2 N–H and O–H groups in total. The maximum atomic E-state index is 12.5. The van der Waals surface area contributed by atoms with Gasteiger partial charge in [0.05, 0.1) is 16.7 Å². The molecule has 138 valence electrons. The van der Waals surface area contributed by atoms with E-state index in [2.05, 4.69) is 10.6 Å². The molecule has 0 bridgehead atoms. The van der Waals surface area contributed by atoms with Crippen LogP contribution in [-0.4, -0.2) is 37.1 Å². The lowest BCUT2D eigenvalue weighted by atomic mass is 10.0. The molecule has 0 unspecified atom stereocenters. The Labute approximate surface area is 158 Å². The monoisotopic (exact) mass is 386 g/mol. The Balaban J connectivity index is 2.00. The Morgan fingerprint density at radius 2 is 2.08 bits per heavy atom.